The largest absolute Gasteiger partial charge is 0.314 e. The standard InChI is InChI=1S/C19H21N/c1-2-3-5-13-18-15-16-10-8-9-14-19(16)20(18)17-11-6-4-7-12-17/h4,6-12,14-15H,2-3,5,13H2,1H3. The summed E-state index contributed by atoms with van der Waals surface area (Å²) >= 11 is 0. The first kappa shape index (κ1) is 13.0. The van der Waals surface area contributed by atoms with Crippen LogP contribution in [-0.2, 0) is 6.42 Å². The van der Waals surface area contributed by atoms with E-state index in [1.54, 1.807) is 0 Å². The average molecular weight is 263 g/mol. The van der Waals surface area contributed by atoms with Gasteiger partial charge in [-0.15, -0.1) is 0 Å². The molecule has 1 aromatic heterocycles. The first-order chi connectivity index (χ1) is 9.90. The number of para-hydroxylation sites is 2. The average Bonchev–Trinajstić information content (AvgIpc) is 2.86. The molecule has 0 radical (unpaired) electrons. The van der Waals surface area contributed by atoms with Crippen molar-refractivity contribution in [2.24, 2.45) is 0 Å². The minimum Gasteiger partial charge on any atom is -0.314 e. The van der Waals surface area contributed by atoms with Crippen molar-refractivity contribution in [2.75, 3.05) is 0 Å². The highest BCUT2D eigenvalue weighted by Crippen LogP contribution is 2.25. The molecule has 0 saturated carbocycles. The highest BCUT2D eigenvalue weighted by Gasteiger charge is 2.09. The van der Waals surface area contributed by atoms with Crippen LogP contribution in [0.15, 0.2) is 60.7 Å². The maximum atomic E-state index is 2.41. The molecule has 0 aliphatic rings. The Morgan fingerprint density at radius 3 is 2.40 bits per heavy atom. The number of unbranched alkanes of at least 4 members (excludes halogenated alkanes) is 2. The fraction of sp³-hybridized carbons (Fsp3) is 0.263. The number of aryl methyl sites for hydroxylation is 1. The minimum atomic E-state index is 1.15. The van der Waals surface area contributed by atoms with Gasteiger partial charge in [0, 0.05) is 16.8 Å². The monoisotopic (exact) mass is 263 g/mol. The Labute approximate surface area is 120 Å². The second-order valence-electron chi connectivity index (χ2n) is 5.32. The number of fused-ring (bicyclic) bond motifs is 1. The number of rotatable bonds is 5. The Kier molecular flexibility index (Phi) is 3.87. The van der Waals surface area contributed by atoms with E-state index in [0.717, 1.165) is 6.42 Å². The summed E-state index contributed by atoms with van der Waals surface area (Å²) in [5, 5.41) is 1.34. The van der Waals surface area contributed by atoms with E-state index in [-0.39, 0.29) is 0 Å². The Balaban J connectivity index is 2.09. The predicted molar refractivity (Wildman–Crippen MR) is 86.5 cm³/mol. The van der Waals surface area contributed by atoms with Gasteiger partial charge in [0.05, 0.1) is 5.52 Å². The number of nitrogens with zero attached hydrogens (tertiary/aromatic N) is 1. The second kappa shape index (κ2) is 5.96. The zero-order chi connectivity index (χ0) is 13.8. The van der Waals surface area contributed by atoms with Crippen molar-refractivity contribution in [3.05, 3.63) is 66.4 Å². The first-order valence-corrected chi connectivity index (χ1v) is 7.55. The van der Waals surface area contributed by atoms with Crippen molar-refractivity contribution in [2.45, 2.75) is 32.6 Å². The van der Waals surface area contributed by atoms with Crippen LogP contribution in [0.5, 0.6) is 0 Å². The summed E-state index contributed by atoms with van der Waals surface area (Å²) in [5.74, 6) is 0. The molecule has 0 fully saturated rings. The Morgan fingerprint density at radius 2 is 1.60 bits per heavy atom. The molecule has 0 saturated heterocycles. The predicted octanol–water partition coefficient (Wildman–Crippen LogP) is 5.36. The molecule has 0 atom stereocenters. The molecular weight excluding hydrogens is 242 g/mol. The van der Waals surface area contributed by atoms with Crippen LogP contribution in [0.1, 0.15) is 31.9 Å². The van der Waals surface area contributed by atoms with Gasteiger partial charge in [-0.3, -0.25) is 0 Å². The van der Waals surface area contributed by atoms with E-state index >= 15 is 0 Å². The molecule has 3 aromatic rings. The van der Waals surface area contributed by atoms with Crippen LogP contribution in [0.3, 0.4) is 0 Å². The SMILES string of the molecule is CCCCCc1cc2ccccc2n1-c1ccccc1. The third-order valence-electron chi connectivity index (χ3n) is 3.84. The van der Waals surface area contributed by atoms with Crippen LogP contribution in [0.25, 0.3) is 16.6 Å². The molecule has 0 bridgehead atoms. The van der Waals surface area contributed by atoms with E-state index in [4.69, 9.17) is 0 Å². The van der Waals surface area contributed by atoms with Gasteiger partial charge in [0.1, 0.15) is 0 Å². The molecule has 0 unspecified atom stereocenters. The van der Waals surface area contributed by atoms with Gasteiger partial charge in [-0.05, 0) is 37.1 Å². The highest BCUT2D eigenvalue weighted by molar-refractivity contribution is 5.83. The fourth-order valence-electron chi connectivity index (χ4n) is 2.83. The fourth-order valence-corrected chi connectivity index (χ4v) is 2.83. The molecule has 3 rings (SSSR count). The molecule has 1 heterocycles. The molecule has 1 heteroatoms. The summed E-state index contributed by atoms with van der Waals surface area (Å²) in [5.41, 5.74) is 4.00. The van der Waals surface area contributed by atoms with Crippen LogP contribution in [0.2, 0.25) is 0 Å². The van der Waals surface area contributed by atoms with Gasteiger partial charge in [0.15, 0.2) is 0 Å². The van der Waals surface area contributed by atoms with Crippen molar-refractivity contribution < 1.29 is 0 Å². The van der Waals surface area contributed by atoms with Gasteiger partial charge in [0.25, 0.3) is 0 Å². The summed E-state index contributed by atoms with van der Waals surface area (Å²) in [4.78, 5) is 0. The van der Waals surface area contributed by atoms with Gasteiger partial charge in [0.2, 0.25) is 0 Å². The van der Waals surface area contributed by atoms with E-state index in [0.29, 0.717) is 0 Å². The van der Waals surface area contributed by atoms with Gasteiger partial charge >= 0.3 is 0 Å². The smallest absolute Gasteiger partial charge is 0.0531 e. The third kappa shape index (κ3) is 2.49. The van der Waals surface area contributed by atoms with Crippen molar-refractivity contribution in [3.8, 4) is 5.69 Å². The molecule has 0 N–H and O–H groups in total. The lowest BCUT2D eigenvalue weighted by atomic mass is 10.1. The zero-order valence-electron chi connectivity index (χ0n) is 12.0. The molecule has 0 spiro atoms. The summed E-state index contributed by atoms with van der Waals surface area (Å²) in [6, 6.07) is 21.7. The lowest BCUT2D eigenvalue weighted by molar-refractivity contribution is 0.701. The number of hydrogen-bond acceptors (Lipinski definition) is 0. The molecule has 102 valence electrons. The second-order valence-corrected chi connectivity index (χ2v) is 5.32. The molecular formula is C19H21N. The molecule has 0 aliphatic carbocycles. The van der Waals surface area contributed by atoms with E-state index in [1.807, 2.05) is 0 Å². The van der Waals surface area contributed by atoms with Crippen LogP contribution in [-0.4, -0.2) is 4.57 Å². The maximum absolute atomic E-state index is 2.41. The van der Waals surface area contributed by atoms with Crippen LogP contribution in [0.4, 0.5) is 0 Å². The first-order valence-electron chi connectivity index (χ1n) is 7.55. The van der Waals surface area contributed by atoms with Gasteiger partial charge < -0.3 is 4.57 Å². The molecule has 20 heavy (non-hydrogen) atoms. The Morgan fingerprint density at radius 1 is 0.850 bits per heavy atom. The van der Waals surface area contributed by atoms with E-state index in [9.17, 15) is 0 Å². The van der Waals surface area contributed by atoms with E-state index in [2.05, 4.69) is 72.2 Å². The minimum absolute atomic E-state index is 1.15. The van der Waals surface area contributed by atoms with Crippen molar-refractivity contribution >= 4 is 10.9 Å². The molecule has 0 amide bonds. The van der Waals surface area contributed by atoms with Gasteiger partial charge in [-0.25, -0.2) is 0 Å². The van der Waals surface area contributed by atoms with Crippen LogP contribution < -0.4 is 0 Å². The molecule has 0 aliphatic heterocycles. The molecule has 1 nitrogen and oxygen atoms in total. The summed E-state index contributed by atoms with van der Waals surface area (Å²) < 4.78 is 2.41. The van der Waals surface area contributed by atoms with E-state index in [1.165, 1.54) is 41.5 Å². The normalized spacial score (nSPS) is 11.1. The Bertz CT molecular complexity index is 679. The quantitative estimate of drug-likeness (QED) is 0.546. The van der Waals surface area contributed by atoms with Crippen LogP contribution in [0, 0.1) is 0 Å². The number of aromatic nitrogens is 1. The summed E-state index contributed by atoms with van der Waals surface area (Å²) in [6.07, 6.45) is 4.99. The Hall–Kier alpha value is -2.02. The third-order valence-corrected chi connectivity index (χ3v) is 3.84. The molecule has 2 aromatic carbocycles. The summed E-state index contributed by atoms with van der Waals surface area (Å²) in [6.45, 7) is 2.26. The number of hydrogen-bond donors (Lipinski definition) is 0. The maximum Gasteiger partial charge on any atom is 0.0531 e. The van der Waals surface area contributed by atoms with Crippen molar-refractivity contribution in [1.29, 1.82) is 0 Å². The zero-order valence-corrected chi connectivity index (χ0v) is 12.0. The lowest BCUT2D eigenvalue weighted by Gasteiger charge is -2.10. The van der Waals surface area contributed by atoms with Crippen LogP contribution >= 0.6 is 0 Å². The number of benzene rings is 2. The topological polar surface area (TPSA) is 4.93 Å². The highest BCUT2D eigenvalue weighted by atomic mass is 15.0. The lowest BCUT2D eigenvalue weighted by Crippen LogP contribution is -1.99. The van der Waals surface area contributed by atoms with Gasteiger partial charge in [-0.1, -0.05) is 56.2 Å². The van der Waals surface area contributed by atoms with Gasteiger partial charge in [-0.2, -0.15) is 0 Å². The van der Waals surface area contributed by atoms with E-state index < -0.39 is 0 Å². The van der Waals surface area contributed by atoms with Crippen molar-refractivity contribution in [3.63, 3.8) is 0 Å². The van der Waals surface area contributed by atoms with Crippen molar-refractivity contribution in [1.82, 2.24) is 4.57 Å². The summed E-state index contributed by atoms with van der Waals surface area (Å²) in [7, 11) is 0.